The van der Waals surface area contributed by atoms with Gasteiger partial charge in [0.2, 0.25) is 0 Å². The van der Waals surface area contributed by atoms with Crippen LogP contribution in [-0.4, -0.2) is 16.7 Å². The molecule has 1 atom stereocenters. The fourth-order valence-electron chi connectivity index (χ4n) is 2.42. The summed E-state index contributed by atoms with van der Waals surface area (Å²) in [6.45, 7) is 2.53. The summed E-state index contributed by atoms with van der Waals surface area (Å²) in [5, 5.41) is 10.5. The van der Waals surface area contributed by atoms with Gasteiger partial charge in [-0.3, -0.25) is 4.98 Å². The lowest BCUT2D eigenvalue weighted by molar-refractivity contribution is 0.219. The molecule has 3 heteroatoms. The normalized spacial score (nSPS) is 15.9. The van der Waals surface area contributed by atoms with Gasteiger partial charge in [0.25, 0.3) is 0 Å². The molecule has 0 amide bonds. The molecular formula is C17H19NO2. The molecule has 1 saturated carbocycles. The zero-order valence-electron chi connectivity index (χ0n) is 11.6. The number of rotatable bonds is 5. The highest BCUT2D eigenvalue weighted by Crippen LogP contribution is 2.40. The zero-order chi connectivity index (χ0) is 13.9. The average molecular weight is 269 g/mol. The van der Waals surface area contributed by atoms with Gasteiger partial charge in [-0.05, 0) is 42.9 Å². The van der Waals surface area contributed by atoms with Crippen molar-refractivity contribution >= 4 is 0 Å². The summed E-state index contributed by atoms with van der Waals surface area (Å²) < 4.78 is 5.43. The molecule has 1 aromatic heterocycles. The Morgan fingerprint density at radius 2 is 2.10 bits per heavy atom. The van der Waals surface area contributed by atoms with Crippen LogP contribution in [0.2, 0.25) is 0 Å². The van der Waals surface area contributed by atoms with Crippen molar-refractivity contribution in [3.63, 3.8) is 0 Å². The smallest absolute Gasteiger partial charge is 0.137 e. The maximum absolute atomic E-state index is 10.5. The molecule has 1 N–H and O–H groups in total. The first-order valence-electron chi connectivity index (χ1n) is 7.13. The van der Waals surface area contributed by atoms with Crippen LogP contribution >= 0.6 is 0 Å². The summed E-state index contributed by atoms with van der Waals surface area (Å²) in [7, 11) is 0. The van der Waals surface area contributed by atoms with E-state index in [4.69, 9.17) is 4.74 Å². The molecule has 0 spiro atoms. The van der Waals surface area contributed by atoms with Crippen molar-refractivity contribution in [1.29, 1.82) is 0 Å². The van der Waals surface area contributed by atoms with Crippen LogP contribution in [0, 0.1) is 0 Å². The molecule has 1 heterocycles. The molecule has 0 bridgehead atoms. The number of aromatic nitrogens is 1. The summed E-state index contributed by atoms with van der Waals surface area (Å²) >= 11 is 0. The first-order chi connectivity index (χ1) is 9.78. The topological polar surface area (TPSA) is 42.4 Å². The largest absolute Gasteiger partial charge is 0.492 e. The van der Waals surface area contributed by atoms with E-state index in [1.807, 2.05) is 25.1 Å². The molecule has 2 aromatic rings. The molecule has 1 aromatic carbocycles. The first kappa shape index (κ1) is 13.1. The van der Waals surface area contributed by atoms with Crippen LogP contribution in [0.3, 0.4) is 0 Å². The van der Waals surface area contributed by atoms with Gasteiger partial charge < -0.3 is 9.84 Å². The second-order valence-electron chi connectivity index (χ2n) is 5.23. The highest BCUT2D eigenvalue weighted by atomic mass is 16.5. The van der Waals surface area contributed by atoms with Gasteiger partial charge in [-0.25, -0.2) is 0 Å². The Balaban J connectivity index is 1.85. The lowest BCUT2D eigenvalue weighted by Gasteiger charge is -2.13. The number of aliphatic hydroxyl groups is 1. The van der Waals surface area contributed by atoms with Crippen molar-refractivity contribution in [2.75, 3.05) is 6.61 Å². The van der Waals surface area contributed by atoms with Crippen molar-refractivity contribution in [2.24, 2.45) is 0 Å². The molecule has 1 aliphatic carbocycles. The minimum atomic E-state index is -0.651. The van der Waals surface area contributed by atoms with Crippen molar-refractivity contribution in [1.82, 2.24) is 4.98 Å². The number of nitrogens with zero attached hydrogens (tertiary/aromatic N) is 1. The summed E-state index contributed by atoms with van der Waals surface area (Å²) in [6.07, 6.45) is 5.24. The molecule has 3 rings (SSSR count). The molecule has 104 valence electrons. The van der Waals surface area contributed by atoms with E-state index in [9.17, 15) is 5.11 Å². The average Bonchev–Trinajstić information content (AvgIpc) is 3.32. The monoisotopic (exact) mass is 269 g/mol. The molecule has 3 nitrogen and oxygen atoms in total. The van der Waals surface area contributed by atoms with Crippen molar-refractivity contribution in [2.45, 2.75) is 31.8 Å². The Hall–Kier alpha value is -1.87. The second kappa shape index (κ2) is 5.63. The van der Waals surface area contributed by atoms with E-state index in [2.05, 4.69) is 17.1 Å². The van der Waals surface area contributed by atoms with Gasteiger partial charge in [-0.1, -0.05) is 24.3 Å². The highest BCUT2D eigenvalue weighted by molar-refractivity contribution is 5.36. The zero-order valence-corrected chi connectivity index (χ0v) is 11.6. The summed E-state index contributed by atoms with van der Waals surface area (Å²) in [4.78, 5) is 4.13. The Morgan fingerprint density at radius 1 is 1.25 bits per heavy atom. The predicted octanol–water partition coefficient (Wildman–Crippen LogP) is 3.44. The fourth-order valence-corrected chi connectivity index (χ4v) is 2.42. The maximum atomic E-state index is 10.5. The van der Waals surface area contributed by atoms with Gasteiger partial charge >= 0.3 is 0 Å². The Labute approximate surface area is 119 Å². The number of benzene rings is 1. The van der Waals surface area contributed by atoms with Crippen molar-refractivity contribution < 1.29 is 9.84 Å². The van der Waals surface area contributed by atoms with Crippen LogP contribution in [0.5, 0.6) is 5.75 Å². The summed E-state index contributed by atoms with van der Waals surface area (Å²) in [5.74, 6) is 1.39. The van der Waals surface area contributed by atoms with Crippen LogP contribution in [0.15, 0.2) is 42.7 Å². The number of hydrogen-bond acceptors (Lipinski definition) is 3. The van der Waals surface area contributed by atoms with Crippen LogP contribution in [0.25, 0.3) is 0 Å². The van der Waals surface area contributed by atoms with Crippen LogP contribution < -0.4 is 4.74 Å². The highest BCUT2D eigenvalue weighted by Gasteiger charge is 2.24. The van der Waals surface area contributed by atoms with E-state index in [-0.39, 0.29) is 0 Å². The Kier molecular flexibility index (Phi) is 3.70. The summed E-state index contributed by atoms with van der Waals surface area (Å²) in [5.41, 5.74) is 3.02. The molecule has 0 aliphatic heterocycles. The van der Waals surface area contributed by atoms with Gasteiger partial charge in [0.05, 0.1) is 12.8 Å². The number of pyridine rings is 1. The fraction of sp³-hybridized carbons (Fsp3) is 0.353. The Bertz CT molecular complexity index is 593. The van der Waals surface area contributed by atoms with Gasteiger partial charge in [-0.2, -0.15) is 0 Å². The molecular weight excluding hydrogens is 250 g/mol. The van der Waals surface area contributed by atoms with Crippen LogP contribution in [0.1, 0.15) is 48.5 Å². The molecule has 1 unspecified atom stereocenters. The molecule has 0 saturated heterocycles. The second-order valence-corrected chi connectivity index (χ2v) is 5.23. The van der Waals surface area contributed by atoms with Gasteiger partial charge in [0, 0.05) is 11.8 Å². The van der Waals surface area contributed by atoms with Crippen molar-refractivity contribution in [3.05, 3.63) is 59.4 Å². The van der Waals surface area contributed by atoms with E-state index in [1.165, 1.54) is 18.4 Å². The number of ether oxygens (including phenoxy) is 1. The first-order valence-corrected chi connectivity index (χ1v) is 7.13. The minimum Gasteiger partial charge on any atom is -0.492 e. The van der Waals surface area contributed by atoms with E-state index < -0.39 is 6.10 Å². The van der Waals surface area contributed by atoms with Crippen LogP contribution in [-0.2, 0) is 0 Å². The van der Waals surface area contributed by atoms with Crippen molar-refractivity contribution in [3.8, 4) is 5.75 Å². The van der Waals surface area contributed by atoms with Crippen LogP contribution in [0.4, 0.5) is 0 Å². The predicted molar refractivity (Wildman–Crippen MR) is 77.9 cm³/mol. The van der Waals surface area contributed by atoms with E-state index in [0.717, 1.165) is 11.1 Å². The third-order valence-electron chi connectivity index (χ3n) is 3.64. The number of aliphatic hydroxyl groups excluding tert-OH is 1. The van der Waals surface area contributed by atoms with Gasteiger partial charge in [-0.15, -0.1) is 0 Å². The summed E-state index contributed by atoms with van der Waals surface area (Å²) in [6, 6.07) is 10.1. The van der Waals surface area contributed by atoms with Gasteiger partial charge in [0.1, 0.15) is 11.9 Å². The van der Waals surface area contributed by atoms with Gasteiger partial charge in [0.15, 0.2) is 0 Å². The SMILES string of the molecule is CCOc1cncc(C(O)c2cccc(C3CC3)c2)c1. The van der Waals surface area contributed by atoms with E-state index in [0.29, 0.717) is 18.3 Å². The third-order valence-corrected chi connectivity index (χ3v) is 3.64. The third kappa shape index (κ3) is 2.83. The maximum Gasteiger partial charge on any atom is 0.137 e. The number of hydrogen-bond donors (Lipinski definition) is 1. The molecule has 20 heavy (non-hydrogen) atoms. The molecule has 1 fully saturated rings. The lowest BCUT2D eigenvalue weighted by atomic mass is 9.99. The van der Waals surface area contributed by atoms with E-state index in [1.54, 1.807) is 12.4 Å². The lowest BCUT2D eigenvalue weighted by Crippen LogP contribution is -2.02. The minimum absolute atomic E-state index is 0.596. The standard InChI is InChI=1S/C17H19NO2/c1-2-20-16-9-15(10-18-11-16)17(19)14-5-3-4-13(8-14)12-6-7-12/h3-5,8-12,17,19H,2,6-7H2,1H3. The Morgan fingerprint density at radius 3 is 2.85 bits per heavy atom. The molecule has 0 radical (unpaired) electrons. The molecule has 1 aliphatic rings. The van der Waals surface area contributed by atoms with E-state index >= 15 is 0 Å². The quantitative estimate of drug-likeness (QED) is 0.904.